The Bertz CT molecular complexity index is 711. The zero-order chi connectivity index (χ0) is 21.9. The molecule has 0 amide bonds. The van der Waals surface area contributed by atoms with Crippen LogP contribution >= 0.6 is 0 Å². The van der Waals surface area contributed by atoms with Crippen molar-refractivity contribution in [3.63, 3.8) is 0 Å². The molecule has 3 heteroatoms. The Morgan fingerprint density at radius 2 is 1.77 bits per heavy atom. The van der Waals surface area contributed by atoms with E-state index in [1.807, 2.05) is 6.08 Å². The van der Waals surface area contributed by atoms with Gasteiger partial charge in [-0.15, -0.1) is 0 Å². The first-order chi connectivity index (χ1) is 14.0. The quantitative estimate of drug-likeness (QED) is 0.606. The second-order valence-electron chi connectivity index (χ2n) is 12.3. The number of aliphatic hydroxyl groups is 2. The molecule has 4 rings (SSSR count). The van der Waals surface area contributed by atoms with Crippen LogP contribution in [-0.4, -0.2) is 27.7 Å². The molecule has 4 aliphatic carbocycles. The number of fused-ring (bicyclic) bond motifs is 5. The molecular formula is C27H44O3. The number of rotatable bonds is 5. The SMILES string of the molecule is CC(C)CCCC(C)[C@H]1CC[C@H]2C3=CC(=O)[C@@]4(O)C[C@@H](O)CC[C@]4(C)[C@H]3CC[C@]12C. The predicted molar refractivity (Wildman–Crippen MR) is 121 cm³/mol. The number of ketones is 1. The van der Waals surface area contributed by atoms with Crippen molar-refractivity contribution in [2.45, 2.75) is 111 Å². The molecule has 0 spiro atoms. The summed E-state index contributed by atoms with van der Waals surface area (Å²) in [5, 5.41) is 21.7. The molecule has 0 bridgehead atoms. The average Bonchev–Trinajstić information content (AvgIpc) is 3.01. The summed E-state index contributed by atoms with van der Waals surface area (Å²) in [7, 11) is 0. The summed E-state index contributed by atoms with van der Waals surface area (Å²) in [6, 6.07) is 0. The third kappa shape index (κ3) is 3.25. The van der Waals surface area contributed by atoms with Crippen molar-refractivity contribution in [1.82, 2.24) is 0 Å². The van der Waals surface area contributed by atoms with Gasteiger partial charge in [0.15, 0.2) is 5.78 Å². The molecule has 0 aromatic carbocycles. The van der Waals surface area contributed by atoms with Gasteiger partial charge in [0.2, 0.25) is 0 Å². The highest BCUT2D eigenvalue weighted by atomic mass is 16.3. The van der Waals surface area contributed by atoms with Gasteiger partial charge in [0.05, 0.1) is 6.10 Å². The first kappa shape index (κ1) is 22.5. The zero-order valence-electron chi connectivity index (χ0n) is 19.9. The second kappa shape index (κ2) is 7.73. The van der Waals surface area contributed by atoms with Crippen molar-refractivity contribution in [2.75, 3.05) is 0 Å². The lowest BCUT2D eigenvalue weighted by Gasteiger charge is -2.60. The maximum absolute atomic E-state index is 13.2. The number of carbonyl (C=O) groups excluding carboxylic acids is 1. The Morgan fingerprint density at radius 1 is 1.03 bits per heavy atom. The second-order valence-corrected chi connectivity index (χ2v) is 12.3. The topological polar surface area (TPSA) is 57.5 Å². The van der Waals surface area contributed by atoms with Crippen LogP contribution in [0.5, 0.6) is 0 Å². The van der Waals surface area contributed by atoms with E-state index in [0.717, 1.165) is 30.6 Å². The zero-order valence-corrected chi connectivity index (χ0v) is 19.9. The first-order valence-corrected chi connectivity index (χ1v) is 12.7. The standard InChI is InChI=1S/C27H44O3/c1-17(2)7-6-8-18(3)21-9-10-22-20-15-24(29)27(30)16-19(28)11-14-26(27,5)23(20)12-13-25(21,22)4/h15,17-19,21-23,28,30H,6-14,16H2,1-5H3/t18?,19-,21+,22-,23-,25+,26+,27-/m0/s1. The normalized spacial score (nSPS) is 46.8. The Kier molecular flexibility index (Phi) is 5.80. The third-order valence-electron chi connectivity index (χ3n) is 10.3. The Balaban J connectivity index is 1.59. The van der Waals surface area contributed by atoms with Gasteiger partial charge in [-0.2, -0.15) is 0 Å². The number of carbonyl (C=O) groups is 1. The predicted octanol–water partition coefficient (Wildman–Crippen LogP) is 5.68. The van der Waals surface area contributed by atoms with Crippen LogP contribution in [0.15, 0.2) is 11.6 Å². The first-order valence-electron chi connectivity index (χ1n) is 12.7. The molecule has 0 aliphatic heterocycles. The number of hydrogen-bond donors (Lipinski definition) is 2. The van der Waals surface area contributed by atoms with Crippen LogP contribution in [-0.2, 0) is 4.79 Å². The minimum Gasteiger partial charge on any atom is -0.393 e. The van der Waals surface area contributed by atoms with Crippen molar-refractivity contribution in [2.24, 2.45) is 40.4 Å². The fourth-order valence-electron chi connectivity index (χ4n) is 8.37. The van der Waals surface area contributed by atoms with E-state index < -0.39 is 17.1 Å². The molecule has 30 heavy (non-hydrogen) atoms. The van der Waals surface area contributed by atoms with Crippen LogP contribution in [0.1, 0.15) is 98.8 Å². The van der Waals surface area contributed by atoms with Gasteiger partial charge in [0, 0.05) is 11.8 Å². The van der Waals surface area contributed by atoms with E-state index in [0.29, 0.717) is 23.7 Å². The minimum atomic E-state index is -1.38. The molecule has 3 fully saturated rings. The maximum atomic E-state index is 13.2. The molecule has 2 N–H and O–H groups in total. The lowest BCUT2D eigenvalue weighted by Crippen LogP contribution is -2.64. The van der Waals surface area contributed by atoms with Gasteiger partial charge in [-0.25, -0.2) is 0 Å². The van der Waals surface area contributed by atoms with E-state index in [9.17, 15) is 15.0 Å². The fourth-order valence-corrected chi connectivity index (χ4v) is 8.37. The monoisotopic (exact) mass is 416 g/mol. The van der Waals surface area contributed by atoms with Crippen LogP contribution in [0, 0.1) is 40.4 Å². The lowest BCUT2D eigenvalue weighted by atomic mass is 9.46. The minimum absolute atomic E-state index is 0.132. The van der Waals surface area contributed by atoms with E-state index in [2.05, 4.69) is 34.6 Å². The van der Waals surface area contributed by atoms with Gasteiger partial charge >= 0.3 is 0 Å². The summed E-state index contributed by atoms with van der Waals surface area (Å²) >= 11 is 0. The van der Waals surface area contributed by atoms with Crippen molar-refractivity contribution in [1.29, 1.82) is 0 Å². The number of aliphatic hydroxyl groups excluding tert-OH is 1. The van der Waals surface area contributed by atoms with Gasteiger partial charge in [-0.3, -0.25) is 4.79 Å². The molecule has 8 atom stereocenters. The molecule has 0 saturated heterocycles. The van der Waals surface area contributed by atoms with E-state index >= 15 is 0 Å². The van der Waals surface area contributed by atoms with Crippen molar-refractivity contribution in [3.8, 4) is 0 Å². The Labute approximate surface area is 183 Å². The molecule has 1 unspecified atom stereocenters. The number of allylic oxidation sites excluding steroid dienone is 1. The smallest absolute Gasteiger partial charge is 0.187 e. The Morgan fingerprint density at radius 3 is 2.47 bits per heavy atom. The average molecular weight is 417 g/mol. The summed E-state index contributed by atoms with van der Waals surface area (Å²) in [6.45, 7) is 11.7. The van der Waals surface area contributed by atoms with Gasteiger partial charge in [-0.1, -0.05) is 59.5 Å². The van der Waals surface area contributed by atoms with Crippen molar-refractivity contribution in [3.05, 3.63) is 11.6 Å². The number of hydrogen-bond acceptors (Lipinski definition) is 3. The highest BCUT2D eigenvalue weighted by molar-refractivity contribution is 5.99. The highest BCUT2D eigenvalue weighted by Gasteiger charge is 2.65. The molecular weight excluding hydrogens is 372 g/mol. The van der Waals surface area contributed by atoms with E-state index in [-0.39, 0.29) is 12.2 Å². The molecule has 170 valence electrons. The van der Waals surface area contributed by atoms with Crippen LogP contribution < -0.4 is 0 Å². The summed E-state index contributed by atoms with van der Waals surface area (Å²) in [5.74, 6) is 2.92. The largest absolute Gasteiger partial charge is 0.393 e. The molecule has 0 heterocycles. The van der Waals surface area contributed by atoms with Crippen LogP contribution in [0.2, 0.25) is 0 Å². The van der Waals surface area contributed by atoms with Gasteiger partial charge in [-0.05, 0) is 79.6 Å². The third-order valence-corrected chi connectivity index (χ3v) is 10.3. The maximum Gasteiger partial charge on any atom is 0.187 e. The highest BCUT2D eigenvalue weighted by Crippen LogP contribution is 2.67. The molecule has 4 aliphatic rings. The molecule has 0 aromatic heterocycles. The molecule has 3 nitrogen and oxygen atoms in total. The van der Waals surface area contributed by atoms with E-state index in [4.69, 9.17) is 0 Å². The lowest BCUT2D eigenvalue weighted by molar-refractivity contribution is -0.180. The van der Waals surface area contributed by atoms with Crippen molar-refractivity contribution >= 4 is 5.78 Å². The summed E-state index contributed by atoms with van der Waals surface area (Å²) in [6.07, 6.45) is 11.7. The Hall–Kier alpha value is -0.670. The van der Waals surface area contributed by atoms with E-state index in [1.165, 1.54) is 44.1 Å². The van der Waals surface area contributed by atoms with Crippen LogP contribution in [0.4, 0.5) is 0 Å². The summed E-state index contributed by atoms with van der Waals surface area (Å²) < 4.78 is 0. The van der Waals surface area contributed by atoms with Gasteiger partial charge in [0.1, 0.15) is 5.60 Å². The van der Waals surface area contributed by atoms with Crippen molar-refractivity contribution < 1.29 is 15.0 Å². The van der Waals surface area contributed by atoms with Gasteiger partial charge < -0.3 is 10.2 Å². The molecule has 0 radical (unpaired) electrons. The molecule has 3 saturated carbocycles. The van der Waals surface area contributed by atoms with E-state index in [1.54, 1.807) is 0 Å². The fraction of sp³-hybridized carbons (Fsp3) is 0.889. The molecule has 0 aromatic rings. The summed E-state index contributed by atoms with van der Waals surface area (Å²) in [5.41, 5.74) is -0.154. The van der Waals surface area contributed by atoms with Crippen LogP contribution in [0.25, 0.3) is 0 Å². The summed E-state index contributed by atoms with van der Waals surface area (Å²) in [4.78, 5) is 13.2. The van der Waals surface area contributed by atoms with Gasteiger partial charge in [0.25, 0.3) is 0 Å². The van der Waals surface area contributed by atoms with Crippen LogP contribution in [0.3, 0.4) is 0 Å².